The van der Waals surface area contributed by atoms with E-state index in [-0.39, 0.29) is 0 Å². The van der Waals surface area contributed by atoms with E-state index in [9.17, 15) is 13.2 Å². The highest BCUT2D eigenvalue weighted by Gasteiger charge is 2.30. The number of benzene rings is 1. The van der Waals surface area contributed by atoms with Crippen LogP contribution >= 0.6 is 15.9 Å². The molecule has 5 nitrogen and oxygen atoms in total. The minimum absolute atomic E-state index is 0.475. The molecule has 0 bridgehead atoms. The minimum Gasteiger partial charge on any atom is -0.271 e. The van der Waals surface area contributed by atoms with Crippen LogP contribution in [-0.2, 0) is 13.2 Å². The van der Waals surface area contributed by atoms with E-state index in [2.05, 4.69) is 31.7 Å². The van der Waals surface area contributed by atoms with Gasteiger partial charge in [0.15, 0.2) is 4.60 Å². The second-order valence-electron chi connectivity index (χ2n) is 4.11. The second kappa shape index (κ2) is 5.51. The van der Waals surface area contributed by atoms with Gasteiger partial charge >= 0.3 is 6.18 Å². The molecule has 2 aromatic rings. The standard InChI is InChI=1S/C11H11BrF3N5/c1-20-9(10(12)18-19-20)8(17-16)6-2-4-7(5-3-6)11(13,14)15/h2-5,8,17H,16H2,1H3. The van der Waals surface area contributed by atoms with E-state index in [1.54, 1.807) is 7.05 Å². The van der Waals surface area contributed by atoms with Crippen molar-refractivity contribution in [2.75, 3.05) is 0 Å². The molecule has 0 amide bonds. The van der Waals surface area contributed by atoms with Crippen molar-refractivity contribution in [1.29, 1.82) is 0 Å². The Labute approximate surface area is 121 Å². The number of hydrogen-bond donors (Lipinski definition) is 2. The van der Waals surface area contributed by atoms with E-state index < -0.39 is 17.8 Å². The first-order valence-corrected chi connectivity index (χ1v) is 6.32. The maximum atomic E-state index is 12.5. The molecule has 0 aliphatic rings. The second-order valence-corrected chi connectivity index (χ2v) is 4.86. The van der Waals surface area contributed by atoms with E-state index in [1.807, 2.05) is 0 Å². The molecule has 0 aliphatic heterocycles. The lowest BCUT2D eigenvalue weighted by Crippen LogP contribution is -2.30. The Morgan fingerprint density at radius 1 is 1.30 bits per heavy atom. The van der Waals surface area contributed by atoms with Gasteiger partial charge in [-0.15, -0.1) is 5.10 Å². The lowest BCUT2D eigenvalue weighted by atomic mass is 10.0. The molecule has 1 aromatic carbocycles. The molecule has 1 atom stereocenters. The third-order valence-electron chi connectivity index (χ3n) is 2.84. The molecule has 0 saturated carbocycles. The molecule has 1 aromatic heterocycles. The molecule has 1 unspecified atom stereocenters. The molecule has 0 aliphatic carbocycles. The zero-order valence-electron chi connectivity index (χ0n) is 10.3. The smallest absolute Gasteiger partial charge is 0.271 e. The van der Waals surface area contributed by atoms with Crippen LogP contribution in [0.15, 0.2) is 28.9 Å². The number of halogens is 4. The monoisotopic (exact) mass is 349 g/mol. The molecule has 9 heteroatoms. The quantitative estimate of drug-likeness (QED) is 0.658. The van der Waals surface area contributed by atoms with Gasteiger partial charge in [-0.25, -0.2) is 10.1 Å². The SMILES string of the molecule is Cn1nnc(Br)c1C(NN)c1ccc(C(F)(F)F)cc1. The molecule has 3 N–H and O–H groups in total. The molecule has 20 heavy (non-hydrogen) atoms. The summed E-state index contributed by atoms with van der Waals surface area (Å²) in [5, 5.41) is 7.63. The third-order valence-corrected chi connectivity index (χ3v) is 3.40. The summed E-state index contributed by atoms with van der Waals surface area (Å²) in [6, 6.07) is 4.24. The van der Waals surface area contributed by atoms with Gasteiger partial charge in [-0.2, -0.15) is 13.2 Å². The zero-order valence-corrected chi connectivity index (χ0v) is 11.9. The van der Waals surface area contributed by atoms with Crippen LogP contribution in [0.25, 0.3) is 0 Å². The molecule has 108 valence electrons. The first kappa shape index (κ1) is 14.9. The number of nitrogens with two attached hydrogens (primary N) is 1. The number of nitrogens with one attached hydrogen (secondary N) is 1. The molecule has 0 saturated heterocycles. The van der Waals surface area contributed by atoms with Crippen LogP contribution in [0.2, 0.25) is 0 Å². The Bertz CT molecular complexity index is 574. The molecule has 0 spiro atoms. The van der Waals surface area contributed by atoms with Crippen molar-refractivity contribution in [3.05, 3.63) is 45.7 Å². The van der Waals surface area contributed by atoms with Crippen LogP contribution in [0.3, 0.4) is 0 Å². The van der Waals surface area contributed by atoms with E-state index in [0.717, 1.165) is 12.1 Å². The summed E-state index contributed by atoms with van der Waals surface area (Å²) in [4.78, 5) is 0. The molecule has 0 fully saturated rings. The average Bonchev–Trinajstić information content (AvgIpc) is 2.71. The van der Waals surface area contributed by atoms with Gasteiger partial charge in [-0.3, -0.25) is 5.84 Å². The van der Waals surface area contributed by atoms with Crippen LogP contribution in [0, 0.1) is 0 Å². The number of hydrazine groups is 1. The number of hydrogen-bond acceptors (Lipinski definition) is 4. The third kappa shape index (κ3) is 2.84. The fourth-order valence-corrected chi connectivity index (χ4v) is 2.40. The molecular formula is C11H11BrF3N5. The molecule has 2 rings (SSSR count). The van der Waals surface area contributed by atoms with Crippen LogP contribution in [0.4, 0.5) is 13.2 Å². The molecule has 1 heterocycles. The summed E-state index contributed by atoms with van der Waals surface area (Å²) in [6.45, 7) is 0. The number of nitrogens with zero attached hydrogens (tertiary/aromatic N) is 3. The zero-order chi connectivity index (χ0) is 14.9. The Kier molecular flexibility index (Phi) is 4.11. The summed E-state index contributed by atoms with van der Waals surface area (Å²) in [5.74, 6) is 5.50. The van der Waals surface area contributed by atoms with Crippen molar-refractivity contribution in [2.45, 2.75) is 12.2 Å². The predicted octanol–water partition coefficient (Wildman–Crippen LogP) is 2.15. The van der Waals surface area contributed by atoms with Gasteiger partial charge in [0.1, 0.15) is 0 Å². The highest BCUT2D eigenvalue weighted by atomic mass is 79.9. The van der Waals surface area contributed by atoms with Crippen molar-refractivity contribution in [3.8, 4) is 0 Å². The van der Waals surface area contributed by atoms with Gasteiger partial charge in [-0.05, 0) is 33.6 Å². The number of alkyl halides is 3. The average molecular weight is 350 g/mol. The van der Waals surface area contributed by atoms with Crippen LogP contribution in [0.1, 0.15) is 22.9 Å². The van der Waals surface area contributed by atoms with Crippen molar-refractivity contribution in [1.82, 2.24) is 20.4 Å². The van der Waals surface area contributed by atoms with E-state index >= 15 is 0 Å². The Balaban J connectivity index is 2.38. The van der Waals surface area contributed by atoms with Gasteiger partial charge in [0, 0.05) is 7.05 Å². The highest BCUT2D eigenvalue weighted by molar-refractivity contribution is 9.10. The minimum atomic E-state index is -4.36. The molecule has 0 radical (unpaired) electrons. The number of aromatic nitrogens is 3. The van der Waals surface area contributed by atoms with Gasteiger partial charge in [-0.1, -0.05) is 17.3 Å². The van der Waals surface area contributed by atoms with Crippen LogP contribution < -0.4 is 11.3 Å². The van der Waals surface area contributed by atoms with Gasteiger partial charge in [0.2, 0.25) is 0 Å². The Morgan fingerprint density at radius 2 is 1.90 bits per heavy atom. The van der Waals surface area contributed by atoms with Crippen molar-refractivity contribution < 1.29 is 13.2 Å². The van der Waals surface area contributed by atoms with Crippen LogP contribution in [0.5, 0.6) is 0 Å². The van der Waals surface area contributed by atoms with Crippen molar-refractivity contribution in [3.63, 3.8) is 0 Å². The van der Waals surface area contributed by atoms with Gasteiger partial charge in [0.25, 0.3) is 0 Å². The van der Waals surface area contributed by atoms with E-state index in [4.69, 9.17) is 5.84 Å². The largest absolute Gasteiger partial charge is 0.416 e. The van der Waals surface area contributed by atoms with Gasteiger partial charge < -0.3 is 0 Å². The summed E-state index contributed by atoms with van der Waals surface area (Å²) in [7, 11) is 1.67. The summed E-state index contributed by atoms with van der Waals surface area (Å²) >= 11 is 3.23. The maximum Gasteiger partial charge on any atom is 0.416 e. The predicted molar refractivity (Wildman–Crippen MR) is 69.3 cm³/mol. The van der Waals surface area contributed by atoms with E-state index in [1.165, 1.54) is 16.8 Å². The normalized spacial score (nSPS) is 13.5. The van der Waals surface area contributed by atoms with Gasteiger partial charge in [0.05, 0.1) is 17.3 Å². The lowest BCUT2D eigenvalue weighted by molar-refractivity contribution is -0.137. The first-order chi connectivity index (χ1) is 9.34. The Morgan fingerprint density at radius 3 is 2.30 bits per heavy atom. The van der Waals surface area contributed by atoms with E-state index in [0.29, 0.717) is 15.9 Å². The molecular weight excluding hydrogens is 339 g/mol. The summed E-state index contributed by atoms with van der Waals surface area (Å²) in [5.41, 5.74) is 3.03. The van der Waals surface area contributed by atoms with Crippen LogP contribution in [-0.4, -0.2) is 15.0 Å². The highest BCUT2D eigenvalue weighted by Crippen LogP contribution is 2.31. The fraction of sp³-hybridized carbons (Fsp3) is 0.273. The van der Waals surface area contributed by atoms with Crippen molar-refractivity contribution in [2.24, 2.45) is 12.9 Å². The summed E-state index contributed by atoms with van der Waals surface area (Å²) < 4.78 is 39.6. The number of rotatable bonds is 3. The number of aryl methyl sites for hydroxylation is 1. The Hall–Kier alpha value is -1.45. The maximum absolute atomic E-state index is 12.5. The lowest BCUT2D eigenvalue weighted by Gasteiger charge is -2.17. The van der Waals surface area contributed by atoms with Crippen molar-refractivity contribution >= 4 is 15.9 Å². The topological polar surface area (TPSA) is 68.8 Å². The summed E-state index contributed by atoms with van der Waals surface area (Å²) in [6.07, 6.45) is -4.36. The first-order valence-electron chi connectivity index (χ1n) is 5.53. The fourth-order valence-electron chi connectivity index (χ4n) is 1.84.